The number of rotatable bonds is 4. The summed E-state index contributed by atoms with van der Waals surface area (Å²) in [6, 6.07) is 14.6. The van der Waals surface area contributed by atoms with Crippen molar-refractivity contribution in [2.24, 2.45) is 0 Å². The molecule has 6 heterocycles. The number of aromatic nitrogens is 12. The molecule has 19 nitrogen and oxygen atoms in total. The summed E-state index contributed by atoms with van der Waals surface area (Å²) < 4.78 is 2.87. The summed E-state index contributed by atoms with van der Waals surface area (Å²) in [6.45, 7) is 0. The predicted octanol–water partition coefficient (Wildman–Crippen LogP) is 0.652. The van der Waals surface area contributed by atoms with E-state index < -0.39 is 9.85 Å². The quantitative estimate of drug-likeness (QED) is 0.153. The summed E-state index contributed by atoms with van der Waals surface area (Å²) in [7, 11) is 0. The van der Waals surface area contributed by atoms with Gasteiger partial charge in [-0.25, -0.2) is 4.68 Å². The number of aromatic amines is 1. The van der Waals surface area contributed by atoms with Crippen molar-refractivity contribution in [3.63, 3.8) is 0 Å². The summed E-state index contributed by atoms with van der Waals surface area (Å²) in [5.74, 6) is 1.29. The van der Waals surface area contributed by atoms with Gasteiger partial charge in [0.1, 0.15) is 5.82 Å². The first-order valence-corrected chi connectivity index (χ1v) is 11.4. The fourth-order valence-electron chi connectivity index (χ4n) is 2.47. The average Bonchev–Trinajstić information content (AvgIpc) is 3.78. The van der Waals surface area contributed by atoms with Crippen LogP contribution in [0.25, 0.3) is 11.6 Å². The summed E-state index contributed by atoms with van der Waals surface area (Å²) in [6.07, 6.45) is 9.23. The minimum Gasteiger partial charge on any atom is -1.00 e. The van der Waals surface area contributed by atoms with Crippen molar-refractivity contribution in [2.75, 3.05) is 5.73 Å². The van der Waals surface area contributed by atoms with Crippen LogP contribution >= 0.6 is 11.6 Å². The van der Waals surface area contributed by atoms with E-state index in [1.54, 1.807) is 65.7 Å². The maximum absolute atomic E-state index is 10.3. The Morgan fingerprint density at radius 3 is 1.61 bits per heavy atom. The molecule has 0 aliphatic heterocycles. The molecule has 0 radical (unpaired) electrons. The number of hydrogen-bond acceptors (Lipinski definition) is 14. The molecule has 6 rings (SSSR count). The Kier molecular flexibility index (Phi) is 18.2. The molecule has 0 bridgehead atoms. The van der Waals surface area contributed by atoms with E-state index in [0.717, 1.165) is 0 Å². The summed E-state index contributed by atoms with van der Waals surface area (Å²) in [5.41, 5.74) is 5.44. The molecule has 0 amide bonds. The number of nitrogens with one attached hydrogen (secondary N) is 1. The van der Waals surface area contributed by atoms with Gasteiger partial charge in [0.2, 0.25) is 0 Å². The fourth-order valence-corrected chi connectivity index (χ4v) is 2.59. The molecule has 6 aromatic rings. The largest absolute Gasteiger partial charge is 1.00 e. The third-order valence-electron chi connectivity index (χ3n) is 4.18. The smallest absolute Gasteiger partial charge is 1.00 e. The van der Waals surface area contributed by atoms with Gasteiger partial charge in [0.05, 0.1) is 29.6 Å². The van der Waals surface area contributed by atoms with Crippen molar-refractivity contribution in [2.45, 2.75) is 14.9 Å². The monoisotopic (exact) mass is 635 g/mol. The minimum atomic E-state index is -0.563. The number of nitro groups is 2. The van der Waals surface area contributed by atoms with Crippen molar-refractivity contribution in [1.29, 1.82) is 0 Å². The standard InChI is InChI=1S/C7H5N5O2.C7H7N5.C4H3ClN2.C3H3N3O2.2CH4.Na.H/c13-12(14)7-3-5-11(10-7)6-2-1-4-8-9-6;8-6-3-5-12(11-6)7-2-1-4-9-10-7;5-4-2-1-3-6-7-4;7-6(8)3-1-2-4-5-3;;;;/h1-5H;1-5H,(H2,8,11);1-3H;1-2H,(H,4,5);2*1H4;;/q;;;;;;+1;-1. The first-order chi connectivity index (χ1) is 19.8. The van der Waals surface area contributed by atoms with Crippen LogP contribution in [0.1, 0.15) is 16.3 Å². The zero-order chi connectivity index (χ0) is 29.5. The Morgan fingerprint density at radius 2 is 1.30 bits per heavy atom. The molecule has 0 fully saturated rings. The first-order valence-electron chi connectivity index (χ1n) is 11.0. The Balaban J connectivity index is 0. The van der Waals surface area contributed by atoms with E-state index in [2.05, 4.69) is 51.0 Å². The number of halogens is 1. The Hall–Kier alpha value is -5.24. The van der Waals surface area contributed by atoms with E-state index in [9.17, 15) is 20.2 Å². The van der Waals surface area contributed by atoms with Gasteiger partial charge in [-0.2, -0.15) is 15.3 Å². The van der Waals surface area contributed by atoms with E-state index in [1.807, 2.05) is 0 Å². The van der Waals surface area contributed by atoms with E-state index in [1.165, 1.54) is 35.4 Å². The second-order valence-electron chi connectivity index (χ2n) is 6.97. The number of hydrogen-bond donors (Lipinski definition) is 2. The van der Waals surface area contributed by atoms with E-state index in [4.69, 9.17) is 17.3 Å². The predicted molar refractivity (Wildman–Crippen MR) is 156 cm³/mol. The van der Waals surface area contributed by atoms with Crippen molar-refractivity contribution in [3.8, 4) is 11.6 Å². The molecule has 226 valence electrons. The van der Waals surface area contributed by atoms with Crippen LogP contribution < -0.4 is 35.3 Å². The normalized spacial score (nSPS) is 8.93. The molecule has 0 unspecified atom stereocenters. The molecular formula is C23H27ClN15NaO4. The maximum atomic E-state index is 10.3. The van der Waals surface area contributed by atoms with Crippen molar-refractivity contribution in [1.82, 2.24) is 60.4 Å². The molecular weight excluding hydrogens is 609 g/mol. The molecule has 0 spiro atoms. The van der Waals surface area contributed by atoms with Crippen molar-refractivity contribution < 1.29 is 40.8 Å². The molecule has 0 aromatic carbocycles. The number of nitrogens with zero attached hydrogens (tertiary/aromatic N) is 13. The Labute approximate surface area is 278 Å². The van der Waals surface area contributed by atoms with Crippen LogP contribution in [0, 0.1) is 20.2 Å². The molecule has 6 aromatic heterocycles. The van der Waals surface area contributed by atoms with Crippen LogP contribution in [0.4, 0.5) is 17.5 Å². The molecule has 0 saturated heterocycles. The van der Waals surface area contributed by atoms with E-state index in [-0.39, 0.29) is 57.5 Å². The zero-order valence-electron chi connectivity index (χ0n) is 22.6. The number of nitrogens with two attached hydrogens (primary N) is 1. The Morgan fingerprint density at radius 1 is 0.750 bits per heavy atom. The molecule has 0 atom stereocenters. The second-order valence-corrected chi connectivity index (χ2v) is 7.36. The van der Waals surface area contributed by atoms with Gasteiger partial charge in [-0.15, -0.1) is 30.2 Å². The number of anilines is 1. The third-order valence-corrected chi connectivity index (χ3v) is 4.38. The maximum Gasteiger partial charge on any atom is 1.00 e. The Bertz CT molecular complexity index is 1630. The van der Waals surface area contributed by atoms with Gasteiger partial charge in [-0.3, -0.25) is 0 Å². The first kappa shape index (κ1) is 38.8. The summed E-state index contributed by atoms with van der Waals surface area (Å²) >= 11 is 5.37. The topological polar surface area (TPSA) is 254 Å². The molecule has 0 saturated carbocycles. The second kappa shape index (κ2) is 20.6. The van der Waals surface area contributed by atoms with Gasteiger partial charge in [-0.05, 0) is 46.2 Å². The van der Waals surface area contributed by atoms with Crippen LogP contribution in [0.2, 0.25) is 5.15 Å². The van der Waals surface area contributed by atoms with Crippen LogP contribution in [0.5, 0.6) is 0 Å². The van der Waals surface area contributed by atoms with Crippen LogP contribution in [-0.2, 0) is 0 Å². The number of nitrogen functional groups attached to an aromatic ring is 1. The molecule has 3 N–H and O–H groups in total. The van der Waals surface area contributed by atoms with Crippen LogP contribution in [-0.4, -0.2) is 70.2 Å². The number of H-pyrrole nitrogens is 1. The van der Waals surface area contributed by atoms with Gasteiger partial charge in [0.15, 0.2) is 16.8 Å². The van der Waals surface area contributed by atoms with Gasteiger partial charge in [0.25, 0.3) is 0 Å². The molecule has 0 aliphatic carbocycles. The van der Waals surface area contributed by atoms with E-state index in [0.29, 0.717) is 22.6 Å². The third kappa shape index (κ3) is 13.2. The van der Waals surface area contributed by atoms with E-state index >= 15 is 0 Å². The minimum absolute atomic E-state index is 0. The summed E-state index contributed by atoms with van der Waals surface area (Å²) in [4.78, 5) is 19.0. The van der Waals surface area contributed by atoms with Gasteiger partial charge < -0.3 is 27.4 Å². The van der Waals surface area contributed by atoms with Gasteiger partial charge in [0, 0.05) is 30.9 Å². The van der Waals surface area contributed by atoms with Crippen LogP contribution in [0.3, 0.4) is 0 Å². The van der Waals surface area contributed by atoms with Gasteiger partial charge in [-0.1, -0.05) is 31.6 Å². The van der Waals surface area contributed by atoms with Gasteiger partial charge >= 0.3 is 41.2 Å². The summed E-state index contributed by atoms with van der Waals surface area (Å²) in [5, 5.41) is 55.8. The van der Waals surface area contributed by atoms with Crippen molar-refractivity contribution >= 4 is 29.1 Å². The van der Waals surface area contributed by atoms with Crippen molar-refractivity contribution in [3.05, 3.63) is 117 Å². The zero-order valence-corrected chi connectivity index (χ0v) is 24.3. The average molecular weight is 636 g/mol. The molecule has 21 heteroatoms. The molecule has 0 aliphatic rings. The molecule has 44 heavy (non-hydrogen) atoms. The van der Waals surface area contributed by atoms with Crippen LogP contribution in [0.15, 0.2) is 91.8 Å². The fraction of sp³-hybridized carbons (Fsp3) is 0.0870. The SMILES string of the molecule is C.C.Clc1cccnn1.Nc1ccn(-c2cccnn2)n1.O=[N+]([O-])c1ccn(-c2cccnn2)n1.O=[N+]([O-])c1ccn[nH]1.[H-].[Na+].